The average molecular weight is 183 g/mol. The van der Waals surface area contributed by atoms with Gasteiger partial charge >= 0.3 is 0 Å². The maximum atomic E-state index is 8.76. The van der Waals surface area contributed by atoms with Crippen LogP contribution in [0.3, 0.4) is 0 Å². The molecule has 0 aromatic carbocycles. The Kier molecular flexibility index (Phi) is 6.56. The number of hydrogen-bond acceptors (Lipinski definition) is 3. The number of nitrogens with zero attached hydrogens (tertiary/aromatic N) is 2. The molecule has 0 amide bonds. The van der Waals surface area contributed by atoms with Crippen LogP contribution in [0.25, 0.3) is 0 Å². The van der Waals surface area contributed by atoms with Gasteiger partial charge in [-0.3, -0.25) is 0 Å². The molecular weight excluding hydrogens is 162 g/mol. The Hall–Kier alpha value is -0.590. The molecule has 76 valence electrons. The van der Waals surface area contributed by atoms with Crippen LogP contribution in [0.4, 0.5) is 0 Å². The van der Waals surface area contributed by atoms with Crippen LogP contribution < -0.4 is 5.32 Å². The van der Waals surface area contributed by atoms with Crippen molar-refractivity contribution in [2.24, 2.45) is 0 Å². The van der Waals surface area contributed by atoms with Gasteiger partial charge < -0.3 is 10.2 Å². The summed E-state index contributed by atoms with van der Waals surface area (Å²) in [5, 5.41) is 11.7. The first-order chi connectivity index (χ1) is 6.19. The Labute approximate surface area is 81.7 Å². The molecule has 1 atom stereocenters. The first kappa shape index (κ1) is 12.4. The fourth-order valence-corrected chi connectivity index (χ4v) is 1.55. The van der Waals surface area contributed by atoms with E-state index in [1.54, 1.807) is 0 Å². The summed E-state index contributed by atoms with van der Waals surface area (Å²) in [5.41, 5.74) is 0. The van der Waals surface area contributed by atoms with Gasteiger partial charge in [0, 0.05) is 12.6 Å². The van der Waals surface area contributed by atoms with Gasteiger partial charge in [-0.25, -0.2) is 0 Å². The molecule has 13 heavy (non-hydrogen) atoms. The number of likely N-dealkylation sites (N-methyl/N-ethyl adjacent to an activating group) is 2. The third-order valence-electron chi connectivity index (χ3n) is 2.54. The van der Waals surface area contributed by atoms with Crippen molar-refractivity contribution in [1.29, 1.82) is 5.26 Å². The van der Waals surface area contributed by atoms with Crippen molar-refractivity contribution < 1.29 is 0 Å². The molecule has 0 spiro atoms. The van der Waals surface area contributed by atoms with E-state index in [2.05, 4.69) is 37.2 Å². The minimum atomic E-state index is -0.0504. The maximum Gasteiger partial charge on any atom is 0.108 e. The molecule has 3 nitrogen and oxygen atoms in total. The highest BCUT2D eigenvalue weighted by Gasteiger charge is 2.14. The van der Waals surface area contributed by atoms with Crippen molar-refractivity contribution in [2.75, 3.05) is 20.6 Å². The van der Waals surface area contributed by atoms with Crippen molar-refractivity contribution in [3.8, 4) is 6.07 Å². The van der Waals surface area contributed by atoms with Gasteiger partial charge in [0.05, 0.1) is 6.07 Å². The minimum Gasteiger partial charge on any atom is -0.304 e. The first-order valence-electron chi connectivity index (χ1n) is 4.96. The van der Waals surface area contributed by atoms with Crippen LogP contribution in [0.2, 0.25) is 0 Å². The van der Waals surface area contributed by atoms with Gasteiger partial charge in [-0.2, -0.15) is 5.26 Å². The summed E-state index contributed by atoms with van der Waals surface area (Å²) in [6.07, 6.45) is 2.30. The predicted octanol–water partition coefficient (Wildman–Crippen LogP) is 1.22. The third-order valence-corrected chi connectivity index (χ3v) is 2.54. The van der Waals surface area contributed by atoms with Crippen molar-refractivity contribution in [3.05, 3.63) is 0 Å². The van der Waals surface area contributed by atoms with Gasteiger partial charge in [-0.05, 0) is 26.9 Å². The summed E-state index contributed by atoms with van der Waals surface area (Å²) in [7, 11) is 3.91. The second-order valence-corrected chi connectivity index (χ2v) is 3.38. The molecule has 0 heterocycles. The monoisotopic (exact) mass is 183 g/mol. The van der Waals surface area contributed by atoms with Crippen molar-refractivity contribution in [2.45, 2.75) is 38.8 Å². The van der Waals surface area contributed by atoms with Crippen molar-refractivity contribution in [1.82, 2.24) is 10.2 Å². The zero-order valence-corrected chi connectivity index (χ0v) is 9.17. The lowest BCUT2D eigenvalue weighted by Gasteiger charge is -2.27. The smallest absolute Gasteiger partial charge is 0.108 e. The first-order valence-corrected chi connectivity index (χ1v) is 4.96. The predicted molar refractivity (Wildman–Crippen MR) is 55.5 cm³/mol. The summed E-state index contributed by atoms with van der Waals surface area (Å²) in [6.45, 7) is 5.18. The molecule has 0 fully saturated rings. The molecule has 1 N–H and O–H groups in total. The van der Waals surface area contributed by atoms with Crippen molar-refractivity contribution >= 4 is 0 Å². The Morgan fingerprint density at radius 1 is 1.38 bits per heavy atom. The SMILES string of the molecule is CCC(CC)N(C)CC(C#N)NC. The topological polar surface area (TPSA) is 39.1 Å². The Bertz CT molecular complexity index is 158. The van der Waals surface area contributed by atoms with E-state index < -0.39 is 0 Å². The van der Waals surface area contributed by atoms with E-state index in [4.69, 9.17) is 5.26 Å². The highest BCUT2D eigenvalue weighted by molar-refractivity contribution is 4.91. The summed E-state index contributed by atoms with van der Waals surface area (Å²) >= 11 is 0. The quantitative estimate of drug-likeness (QED) is 0.673. The third kappa shape index (κ3) is 4.25. The molecule has 0 radical (unpaired) electrons. The van der Waals surface area contributed by atoms with Gasteiger partial charge in [-0.1, -0.05) is 13.8 Å². The molecule has 0 aliphatic rings. The maximum absolute atomic E-state index is 8.76. The number of nitrogens with one attached hydrogen (secondary N) is 1. The summed E-state index contributed by atoms with van der Waals surface area (Å²) < 4.78 is 0. The van der Waals surface area contributed by atoms with Crippen LogP contribution >= 0.6 is 0 Å². The molecule has 3 heteroatoms. The van der Waals surface area contributed by atoms with Crippen LogP contribution in [0.1, 0.15) is 26.7 Å². The minimum absolute atomic E-state index is 0.0504. The van der Waals surface area contributed by atoms with Gasteiger partial charge in [0.1, 0.15) is 6.04 Å². The van der Waals surface area contributed by atoms with E-state index in [1.165, 1.54) is 0 Å². The highest BCUT2D eigenvalue weighted by Crippen LogP contribution is 2.05. The molecule has 0 rings (SSSR count). The lowest BCUT2D eigenvalue weighted by Crippen LogP contribution is -2.41. The zero-order valence-electron chi connectivity index (χ0n) is 9.17. The van der Waals surface area contributed by atoms with E-state index in [0.717, 1.165) is 19.4 Å². The molecule has 0 saturated carbocycles. The molecule has 0 aromatic rings. The largest absolute Gasteiger partial charge is 0.304 e. The normalized spacial score (nSPS) is 13.3. The molecule has 0 aliphatic heterocycles. The van der Waals surface area contributed by atoms with Gasteiger partial charge in [0.15, 0.2) is 0 Å². The molecule has 0 saturated heterocycles. The Morgan fingerprint density at radius 2 is 1.92 bits per heavy atom. The van der Waals surface area contributed by atoms with E-state index in [1.807, 2.05) is 7.05 Å². The Balaban J connectivity index is 3.96. The van der Waals surface area contributed by atoms with E-state index in [9.17, 15) is 0 Å². The zero-order chi connectivity index (χ0) is 10.3. The van der Waals surface area contributed by atoms with Crippen LogP contribution in [0.5, 0.6) is 0 Å². The molecular formula is C10H21N3. The van der Waals surface area contributed by atoms with Gasteiger partial charge in [0.25, 0.3) is 0 Å². The summed E-state index contributed by atoms with van der Waals surface area (Å²) in [4.78, 5) is 2.25. The Morgan fingerprint density at radius 3 is 2.23 bits per heavy atom. The lowest BCUT2D eigenvalue weighted by molar-refractivity contribution is 0.220. The van der Waals surface area contributed by atoms with Crippen LogP contribution in [0, 0.1) is 11.3 Å². The van der Waals surface area contributed by atoms with E-state index >= 15 is 0 Å². The second-order valence-electron chi connectivity index (χ2n) is 3.38. The van der Waals surface area contributed by atoms with E-state index in [0.29, 0.717) is 6.04 Å². The lowest BCUT2D eigenvalue weighted by atomic mass is 10.1. The van der Waals surface area contributed by atoms with Crippen LogP contribution in [0.15, 0.2) is 0 Å². The number of nitriles is 1. The highest BCUT2D eigenvalue weighted by atomic mass is 15.1. The average Bonchev–Trinajstić information content (AvgIpc) is 2.16. The molecule has 0 bridgehead atoms. The summed E-state index contributed by atoms with van der Waals surface area (Å²) in [5.74, 6) is 0. The second kappa shape index (κ2) is 6.88. The standard InChI is InChI=1S/C10H21N3/c1-5-10(6-2)13(4)8-9(7-11)12-3/h9-10,12H,5-6,8H2,1-4H3. The van der Waals surface area contributed by atoms with Gasteiger partial charge in [0.2, 0.25) is 0 Å². The summed E-state index contributed by atoms with van der Waals surface area (Å²) in [6, 6.07) is 2.78. The van der Waals surface area contributed by atoms with Crippen molar-refractivity contribution in [3.63, 3.8) is 0 Å². The van der Waals surface area contributed by atoms with Gasteiger partial charge in [-0.15, -0.1) is 0 Å². The number of rotatable bonds is 6. The van der Waals surface area contributed by atoms with E-state index in [-0.39, 0.29) is 6.04 Å². The number of hydrogen-bond donors (Lipinski definition) is 1. The van der Waals surface area contributed by atoms with Crippen LogP contribution in [-0.2, 0) is 0 Å². The molecule has 0 aliphatic carbocycles. The molecule has 1 unspecified atom stereocenters. The fraction of sp³-hybridized carbons (Fsp3) is 0.900. The van der Waals surface area contributed by atoms with Crippen LogP contribution in [-0.4, -0.2) is 37.6 Å². The fourth-order valence-electron chi connectivity index (χ4n) is 1.55. The molecule has 0 aromatic heterocycles.